The Morgan fingerprint density at radius 3 is 1.57 bits per heavy atom. The van der Waals surface area contributed by atoms with Gasteiger partial charge in [-0.1, -0.05) is 0 Å². The summed E-state index contributed by atoms with van der Waals surface area (Å²) < 4.78 is 223. The summed E-state index contributed by atoms with van der Waals surface area (Å²) in [6.07, 6.45) is -6.21. The standard InChI is InChI=1S/C15H8ClF15O4/c1-7(19)11(22,23)9(21)13(26,27)8(20,6(17)18)14(28,29)10(12(7,24)25,15(9,30)31)35-5(33)3-34-4(32)2-16/h6H,2-3H2,1H3. The molecule has 2 saturated carbocycles. The van der Waals surface area contributed by atoms with Gasteiger partial charge in [0.25, 0.3) is 6.43 Å². The summed E-state index contributed by atoms with van der Waals surface area (Å²) in [7, 11) is 0. The Kier molecular flexibility index (Phi) is 6.19. The minimum Gasteiger partial charge on any atom is -0.453 e. The van der Waals surface area contributed by atoms with Crippen molar-refractivity contribution in [3.05, 3.63) is 0 Å². The van der Waals surface area contributed by atoms with Gasteiger partial charge in [-0.2, -0.15) is 43.9 Å². The first-order valence-electron chi connectivity index (χ1n) is 8.47. The van der Waals surface area contributed by atoms with E-state index in [9.17, 15) is 71.1 Å². The second-order valence-corrected chi connectivity index (χ2v) is 7.76. The fourth-order valence-corrected chi connectivity index (χ4v) is 3.90. The lowest BCUT2D eigenvalue weighted by atomic mass is 9.49. The molecule has 0 heterocycles. The van der Waals surface area contributed by atoms with Crippen LogP contribution in [0.4, 0.5) is 65.9 Å². The molecule has 0 radical (unpaired) electrons. The van der Waals surface area contributed by atoms with Crippen molar-refractivity contribution in [2.24, 2.45) is 0 Å². The Morgan fingerprint density at radius 2 is 1.17 bits per heavy atom. The zero-order valence-corrected chi connectivity index (χ0v) is 16.9. The zero-order chi connectivity index (χ0) is 28.1. The molecule has 204 valence electrons. The SMILES string of the molecule is CC1(F)C(F)(F)C2(F)C(F)(F)C(F)(C(F)F)C(F)(F)C(OC(=O)COC(=O)CCl)(C1(F)F)C2(F)F. The van der Waals surface area contributed by atoms with Crippen LogP contribution >= 0.6 is 11.6 Å². The number of esters is 2. The fraction of sp³-hybridized carbons (Fsp3) is 0.867. The molecule has 0 aromatic carbocycles. The Balaban J connectivity index is 3.09. The van der Waals surface area contributed by atoms with E-state index in [1.54, 1.807) is 0 Å². The van der Waals surface area contributed by atoms with Crippen LogP contribution < -0.4 is 0 Å². The van der Waals surface area contributed by atoms with Crippen molar-refractivity contribution >= 4 is 23.5 Å². The average Bonchev–Trinajstić information content (AvgIpc) is 2.71. The van der Waals surface area contributed by atoms with Crippen molar-refractivity contribution in [1.82, 2.24) is 0 Å². The first-order chi connectivity index (χ1) is 15.3. The molecule has 4 nitrogen and oxygen atoms in total. The van der Waals surface area contributed by atoms with Crippen molar-refractivity contribution in [1.29, 1.82) is 0 Å². The summed E-state index contributed by atoms with van der Waals surface area (Å²) >= 11 is 4.85. The minimum atomic E-state index is -8.03. The number of alkyl halides is 16. The van der Waals surface area contributed by atoms with E-state index in [0.717, 1.165) is 0 Å². The maximum atomic E-state index is 15.0. The van der Waals surface area contributed by atoms with Crippen molar-refractivity contribution in [2.75, 3.05) is 12.5 Å². The van der Waals surface area contributed by atoms with Crippen LogP contribution in [-0.2, 0) is 19.1 Å². The second-order valence-electron chi connectivity index (χ2n) is 7.50. The van der Waals surface area contributed by atoms with Gasteiger partial charge in [0.05, 0.1) is 0 Å². The average molecular weight is 573 g/mol. The van der Waals surface area contributed by atoms with E-state index in [4.69, 9.17) is 11.6 Å². The molecule has 2 rings (SSSR count). The molecule has 0 aromatic rings. The molecule has 0 saturated heterocycles. The minimum absolute atomic E-state index is 1.21. The lowest BCUT2D eigenvalue weighted by Crippen LogP contribution is -3.01. The Morgan fingerprint density at radius 1 is 0.714 bits per heavy atom. The number of halogens is 16. The first-order valence-corrected chi connectivity index (χ1v) is 9.00. The smallest absolute Gasteiger partial charge is 0.345 e. The first kappa shape index (κ1) is 29.4. The van der Waals surface area contributed by atoms with Gasteiger partial charge in [0, 0.05) is 0 Å². The highest BCUT2D eigenvalue weighted by molar-refractivity contribution is 6.26. The number of carbonyl (C=O) groups is 2. The number of rotatable bonds is 5. The van der Waals surface area contributed by atoms with Crippen LogP contribution in [0.2, 0.25) is 0 Å². The molecule has 2 bridgehead atoms. The fourth-order valence-electron chi connectivity index (χ4n) is 3.83. The highest BCUT2D eigenvalue weighted by Crippen LogP contribution is 2.81. The maximum absolute atomic E-state index is 15.0. The van der Waals surface area contributed by atoms with Crippen LogP contribution in [-0.4, -0.2) is 83.1 Å². The molecule has 0 amide bonds. The topological polar surface area (TPSA) is 52.6 Å². The molecule has 0 aliphatic heterocycles. The normalized spacial score (nSPS) is 40.2. The van der Waals surface area contributed by atoms with Gasteiger partial charge in [0.15, 0.2) is 6.61 Å². The molecule has 20 heteroatoms. The van der Waals surface area contributed by atoms with E-state index < -0.39 is 90.0 Å². The number of ether oxygens (including phenoxy) is 2. The molecular weight excluding hydrogens is 565 g/mol. The second kappa shape index (κ2) is 7.36. The molecule has 0 N–H and O–H groups in total. The largest absolute Gasteiger partial charge is 0.453 e. The van der Waals surface area contributed by atoms with E-state index >= 15 is 4.39 Å². The molecule has 35 heavy (non-hydrogen) atoms. The Labute approximate surface area is 187 Å². The molecule has 0 aromatic heterocycles. The number of hydrogen-bond acceptors (Lipinski definition) is 4. The Bertz CT molecular complexity index is 914. The predicted octanol–water partition coefficient (Wildman–Crippen LogP) is 4.66. The van der Waals surface area contributed by atoms with Gasteiger partial charge in [-0.3, -0.25) is 4.79 Å². The monoisotopic (exact) mass is 572 g/mol. The highest BCUT2D eigenvalue weighted by Gasteiger charge is 3.14. The van der Waals surface area contributed by atoms with E-state index in [0.29, 0.717) is 0 Å². The highest BCUT2D eigenvalue weighted by atomic mass is 35.5. The van der Waals surface area contributed by atoms with E-state index in [1.165, 1.54) is 0 Å². The summed E-state index contributed by atoms with van der Waals surface area (Å²) in [5, 5.41) is 0. The third kappa shape index (κ3) is 2.60. The van der Waals surface area contributed by atoms with Gasteiger partial charge in [0.2, 0.25) is 5.67 Å². The Hall–Kier alpha value is -1.82. The number of hydrogen-bond donors (Lipinski definition) is 0. The molecular formula is C15H8ClF15O4. The van der Waals surface area contributed by atoms with Crippen molar-refractivity contribution in [2.45, 2.75) is 65.6 Å². The van der Waals surface area contributed by atoms with Crippen LogP contribution in [0.25, 0.3) is 0 Å². The van der Waals surface area contributed by atoms with Gasteiger partial charge in [0.1, 0.15) is 5.88 Å². The van der Waals surface area contributed by atoms with Gasteiger partial charge in [-0.15, -0.1) is 11.6 Å². The molecule has 0 spiro atoms. The van der Waals surface area contributed by atoms with Gasteiger partial charge in [-0.05, 0) is 6.92 Å². The summed E-state index contributed by atoms with van der Waals surface area (Å²) in [6, 6.07) is 0. The van der Waals surface area contributed by atoms with Crippen molar-refractivity contribution in [3.8, 4) is 0 Å². The van der Waals surface area contributed by atoms with Crippen LogP contribution in [0.3, 0.4) is 0 Å². The number of fused-ring (bicyclic) bond motifs is 2. The van der Waals surface area contributed by atoms with Crippen LogP contribution in [0.5, 0.6) is 0 Å². The van der Waals surface area contributed by atoms with Crippen molar-refractivity contribution < 1.29 is 84.9 Å². The predicted molar refractivity (Wildman–Crippen MR) is 78.4 cm³/mol. The lowest BCUT2D eigenvalue weighted by Gasteiger charge is -2.67. The molecule has 2 fully saturated rings. The van der Waals surface area contributed by atoms with Crippen molar-refractivity contribution in [3.63, 3.8) is 0 Å². The molecule has 2 aliphatic carbocycles. The molecule has 4 atom stereocenters. The number of carbonyl (C=O) groups excluding carboxylic acids is 2. The summed E-state index contributed by atoms with van der Waals surface area (Å²) in [5.41, 5.74) is -29.7. The lowest BCUT2D eigenvalue weighted by molar-refractivity contribution is -0.552. The van der Waals surface area contributed by atoms with E-state index in [2.05, 4.69) is 9.47 Å². The third-order valence-electron chi connectivity index (χ3n) is 5.75. The zero-order valence-electron chi connectivity index (χ0n) is 16.2. The van der Waals surface area contributed by atoms with Crippen LogP contribution in [0, 0.1) is 0 Å². The summed E-state index contributed by atoms with van der Waals surface area (Å²) in [6.45, 7) is -3.73. The third-order valence-corrected chi connectivity index (χ3v) is 5.96. The quantitative estimate of drug-likeness (QED) is 0.273. The maximum Gasteiger partial charge on any atom is 0.345 e. The summed E-state index contributed by atoms with van der Waals surface area (Å²) in [5.74, 6) is -45.1. The summed E-state index contributed by atoms with van der Waals surface area (Å²) in [4.78, 5) is 22.5. The molecule has 2 aliphatic rings. The van der Waals surface area contributed by atoms with Gasteiger partial charge in [-0.25, -0.2) is 26.7 Å². The van der Waals surface area contributed by atoms with Gasteiger partial charge < -0.3 is 9.47 Å². The van der Waals surface area contributed by atoms with Gasteiger partial charge >= 0.3 is 58.5 Å². The van der Waals surface area contributed by atoms with E-state index in [1.807, 2.05) is 0 Å². The van der Waals surface area contributed by atoms with E-state index in [-0.39, 0.29) is 0 Å². The van der Waals surface area contributed by atoms with Crippen LogP contribution in [0.15, 0.2) is 0 Å². The van der Waals surface area contributed by atoms with Crippen LogP contribution in [0.1, 0.15) is 6.92 Å². The molecule has 4 unspecified atom stereocenters.